The fraction of sp³-hybridized carbons (Fsp3) is 0.484. The number of esters is 1. The number of anilines is 1. The van der Waals surface area contributed by atoms with Crippen molar-refractivity contribution in [2.24, 2.45) is 10.9 Å². The number of aliphatic imine (C=N–C) groups is 1. The predicted molar refractivity (Wildman–Crippen MR) is 162 cm³/mol. The van der Waals surface area contributed by atoms with Crippen molar-refractivity contribution in [3.63, 3.8) is 0 Å². The Bertz CT molecular complexity index is 1390. The lowest BCUT2D eigenvalue weighted by molar-refractivity contribution is -0.139. The number of piperidine rings is 1. The fourth-order valence-electron chi connectivity index (χ4n) is 6.12. The lowest BCUT2D eigenvalue weighted by Crippen LogP contribution is -2.46. The van der Waals surface area contributed by atoms with Gasteiger partial charge in [0, 0.05) is 49.8 Å². The van der Waals surface area contributed by atoms with Gasteiger partial charge in [0.05, 0.1) is 13.5 Å². The molecule has 0 bridgehead atoms. The van der Waals surface area contributed by atoms with Gasteiger partial charge in [0.2, 0.25) is 5.95 Å². The average Bonchev–Trinajstić information content (AvgIpc) is 3.78. The number of hydrogen-bond acceptors (Lipinski definition) is 9. The van der Waals surface area contributed by atoms with Crippen LogP contribution in [0.15, 0.2) is 53.1 Å². The molecule has 10 heteroatoms. The first-order chi connectivity index (χ1) is 19.7. The second-order valence-electron chi connectivity index (χ2n) is 11.7. The molecule has 218 valence electrons. The van der Waals surface area contributed by atoms with Crippen molar-refractivity contribution in [3.8, 4) is 5.75 Å². The van der Waals surface area contributed by atoms with E-state index in [1.807, 2.05) is 24.5 Å². The van der Waals surface area contributed by atoms with E-state index in [0.717, 1.165) is 55.2 Å². The molecule has 4 aliphatic rings. The number of aromatic nitrogens is 2. The minimum Gasteiger partial charge on any atom is -0.487 e. The van der Waals surface area contributed by atoms with Crippen LogP contribution in [-0.2, 0) is 16.0 Å². The number of hydrogen-bond donors (Lipinski definition) is 2. The summed E-state index contributed by atoms with van der Waals surface area (Å²) in [6, 6.07) is 6.27. The molecule has 1 saturated heterocycles. The quantitative estimate of drug-likeness (QED) is 0.386. The van der Waals surface area contributed by atoms with Gasteiger partial charge in [-0.15, -0.1) is 10.6 Å². The summed E-state index contributed by atoms with van der Waals surface area (Å²) >= 11 is 0. The number of dihydropyridines is 1. The Morgan fingerprint density at radius 1 is 1.20 bits per heavy atom. The Morgan fingerprint density at radius 3 is 2.66 bits per heavy atom. The Labute approximate surface area is 242 Å². The molecule has 0 amide bonds. The van der Waals surface area contributed by atoms with Crippen LogP contribution in [0.2, 0.25) is 0 Å². The third-order valence-electron chi connectivity index (χ3n) is 8.72. The van der Waals surface area contributed by atoms with E-state index in [9.17, 15) is 13.9 Å². The number of benzene rings is 1. The highest BCUT2D eigenvalue weighted by Crippen LogP contribution is 2.47. The summed E-state index contributed by atoms with van der Waals surface area (Å²) in [5.41, 5.74) is 4.23. The molecule has 1 aromatic carbocycles. The predicted octanol–water partition coefficient (Wildman–Crippen LogP) is 5.98. The zero-order valence-electron chi connectivity index (χ0n) is 23.7. The van der Waals surface area contributed by atoms with Gasteiger partial charge in [0.15, 0.2) is 0 Å². The molecule has 2 N–H and O–H groups in total. The Hall–Kier alpha value is -3.21. The lowest BCUT2D eigenvalue weighted by Gasteiger charge is -2.40. The molecular formula is C31H38N4O5S. The molecule has 1 saturated carbocycles. The van der Waals surface area contributed by atoms with Gasteiger partial charge in [-0.2, -0.15) is 0 Å². The van der Waals surface area contributed by atoms with Crippen LogP contribution in [0.1, 0.15) is 68.1 Å². The zero-order chi connectivity index (χ0) is 28.6. The molecule has 0 spiro atoms. The van der Waals surface area contributed by atoms with Gasteiger partial charge in [-0.05, 0) is 85.4 Å². The number of methoxy groups -OCH3 is 1. The summed E-state index contributed by atoms with van der Waals surface area (Å²) in [6.07, 6.45) is 13.3. The summed E-state index contributed by atoms with van der Waals surface area (Å²) < 4.78 is 32.6. The molecule has 6 rings (SSSR count). The third-order valence-corrected chi connectivity index (χ3v) is 10.2. The number of fused-ring (bicyclic) bond motifs is 1. The minimum atomic E-state index is -3.25. The Kier molecular flexibility index (Phi) is 7.65. The maximum absolute atomic E-state index is 11.4. The number of rotatable bonds is 7. The van der Waals surface area contributed by atoms with Crippen LogP contribution in [0.4, 0.5) is 5.95 Å². The van der Waals surface area contributed by atoms with Gasteiger partial charge < -0.3 is 14.4 Å². The van der Waals surface area contributed by atoms with Crippen LogP contribution < -0.4 is 9.64 Å². The van der Waals surface area contributed by atoms with E-state index in [0.29, 0.717) is 24.8 Å². The van der Waals surface area contributed by atoms with Crippen LogP contribution in [0.3, 0.4) is 0 Å². The van der Waals surface area contributed by atoms with Gasteiger partial charge in [0.25, 0.3) is 0 Å². The molecular weight excluding hydrogens is 540 g/mol. The molecule has 4 heterocycles. The second-order valence-corrected chi connectivity index (χ2v) is 13.5. The van der Waals surface area contributed by atoms with Crippen molar-refractivity contribution >= 4 is 33.1 Å². The third kappa shape index (κ3) is 6.05. The maximum Gasteiger partial charge on any atom is 0.309 e. The molecule has 41 heavy (non-hydrogen) atoms. The molecule has 9 nitrogen and oxygen atoms in total. The number of carbonyl (C=O) groups excluding carboxylic acids is 1. The van der Waals surface area contributed by atoms with Crippen molar-refractivity contribution in [1.82, 2.24) is 9.97 Å². The SMILES string of the molecule is COC(=O)CC=CS(O)(O)C1=NCCC(c2ccc3c(c2)CC(C)(C2CCN(c4ncc(C5CC5)cn4)CC2)O3)=C1. The summed E-state index contributed by atoms with van der Waals surface area (Å²) in [5, 5.41) is 1.49. The molecule has 1 atom stereocenters. The van der Waals surface area contributed by atoms with Crippen molar-refractivity contribution in [2.75, 3.05) is 31.6 Å². The fourth-order valence-corrected chi connectivity index (χ4v) is 7.22. The number of nitrogens with zero attached hydrogens (tertiary/aromatic N) is 4. The van der Waals surface area contributed by atoms with E-state index in [2.05, 4.69) is 37.6 Å². The first-order valence-corrected chi connectivity index (χ1v) is 16.0. The topological polar surface area (TPSA) is 117 Å². The molecule has 1 aromatic heterocycles. The molecule has 1 aliphatic carbocycles. The van der Waals surface area contributed by atoms with Crippen molar-refractivity contribution in [1.29, 1.82) is 0 Å². The molecule has 0 radical (unpaired) electrons. The van der Waals surface area contributed by atoms with Crippen molar-refractivity contribution < 1.29 is 23.4 Å². The smallest absolute Gasteiger partial charge is 0.309 e. The van der Waals surface area contributed by atoms with E-state index < -0.39 is 16.6 Å². The lowest BCUT2D eigenvalue weighted by atomic mass is 9.79. The Balaban J connectivity index is 1.10. The average molecular weight is 579 g/mol. The van der Waals surface area contributed by atoms with E-state index >= 15 is 0 Å². The summed E-state index contributed by atoms with van der Waals surface area (Å²) in [6.45, 7) is 4.54. The molecule has 2 aromatic rings. The summed E-state index contributed by atoms with van der Waals surface area (Å²) in [7, 11) is -1.96. The van der Waals surface area contributed by atoms with Gasteiger partial charge in [0.1, 0.15) is 16.4 Å². The minimum absolute atomic E-state index is 0.0277. The van der Waals surface area contributed by atoms with Crippen LogP contribution in [0.5, 0.6) is 5.75 Å². The zero-order valence-corrected chi connectivity index (χ0v) is 24.5. The molecule has 3 aliphatic heterocycles. The van der Waals surface area contributed by atoms with E-state index in [-0.39, 0.29) is 17.1 Å². The van der Waals surface area contributed by atoms with Crippen LogP contribution in [-0.4, -0.2) is 62.4 Å². The van der Waals surface area contributed by atoms with E-state index in [4.69, 9.17) is 4.74 Å². The summed E-state index contributed by atoms with van der Waals surface area (Å²) in [4.78, 5) is 27.3. The largest absolute Gasteiger partial charge is 0.487 e. The van der Waals surface area contributed by atoms with E-state index in [1.54, 1.807) is 6.08 Å². The highest BCUT2D eigenvalue weighted by Gasteiger charge is 2.43. The highest BCUT2D eigenvalue weighted by atomic mass is 32.3. The van der Waals surface area contributed by atoms with Gasteiger partial charge in [-0.25, -0.2) is 9.97 Å². The van der Waals surface area contributed by atoms with Crippen LogP contribution in [0, 0.1) is 5.92 Å². The number of carbonyl (C=O) groups is 1. The van der Waals surface area contributed by atoms with Gasteiger partial charge in [-0.1, -0.05) is 12.1 Å². The van der Waals surface area contributed by atoms with Gasteiger partial charge >= 0.3 is 5.97 Å². The maximum atomic E-state index is 11.4. The Morgan fingerprint density at radius 2 is 1.95 bits per heavy atom. The standard InChI is InChI=1S/C31H38N4O5S/c1-31(26-10-13-35(14-11-26)30-33-19-25(20-34-30)21-5-6-21)18-24-16-22(7-8-27(24)40-31)23-9-12-32-28(17-23)41(37,38)15-3-4-29(36)39-2/h3,7-8,15-17,19-21,26,37-38H,4-6,9-14,18H2,1-2H3. The number of ether oxygens (including phenoxy) is 2. The monoisotopic (exact) mass is 578 g/mol. The van der Waals surface area contributed by atoms with Gasteiger partial charge in [-0.3, -0.25) is 18.9 Å². The van der Waals surface area contributed by atoms with E-state index in [1.165, 1.54) is 42.6 Å². The first-order valence-electron chi connectivity index (χ1n) is 14.4. The second kappa shape index (κ2) is 11.2. The normalized spacial score (nSPS) is 23.6. The van der Waals surface area contributed by atoms with Crippen LogP contribution >= 0.6 is 10.6 Å². The van der Waals surface area contributed by atoms with Crippen molar-refractivity contribution in [3.05, 3.63) is 64.8 Å². The highest BCUT2D eigenvalue weighted by molar-refractivity contribution is 8.39. The molecule has 1 unspecified atom stereocenters. The summed E-state index contributed by atoms with van der Waals surface area (Å²) in [5.74, 6) is 2.42. The van der Waals surface area contributed by atoms with Crippen LogP contribution in [0.25, 0.3) is 5.57 Å². The molecule has 2 fully saturated rings. The van der Waals surface area contributed by atoms with Crippen molar-refractivity contribution in [2.45, 2.75) is 63.4 Å². The first kappa shape index (κ1) is 27.9.